The van der Waals surface area contributed by atoms with Gasteiger partial charge in [-0.25, -0.2) is 0 Å². The summed E-state index contributed by atoms with van der Waals surface area (Å²) in [6.45, 7) is 7.62. The quantitative estimate of drug-likeness (QED) is 0.504. The van der Waals surface area contributed by atoms with E-state index in [0.717, 1.165) is 25.7 Å². The van der Waals surface area contributed by atoms with Gasteiger partial charge in [0.05, 0.1) is 24.2 Å². The van der Waals surface area contributed by atoms with Crippen LogP contribution in [0, 0.1) is 11.3 Å². The van der Waals surface area contributed by atoms with Crippen molar-refractivity contribution in [1.29, 1.82) is 0 Å². The topological polar surface area (TPSA) is 68.2 Å². The molecule has 5 nitrogen and oxygen atoms in total. The Hall–Kier alpha value is -0.200. The van der Waals surface area contributed by atoms with Crippen LogP contribution in [0.1, 0.15) is 52.9 Å². The van der Waals surface area contributed by atoms with Crippen LogP contribution in [0.2, 0.25) is 0 Å². The minimum atomic E-state index is -1.38. The minimum Gasteiger partial charge on any atom is -0.372 e. The summed E-state index contributed by atoms with van der Waals surface area (Å²) in [7, 11) is 0. The Labute approximate surface area is 127 Å². The molecule has 0 aromatic carbocycles. The van der Waals surface area contributed by atoms with Crippen LogP contribution in [0.4, 0.5) is 0 Å². The second-order valence-electron chi connectivity index (χ2n) is 7.06. The van der Waals surface area contributed by atoms with E-state index < -0.39 is 6.29 Å². The van der Waals surface area contributed by atoms with Crippen molar-refractivity contribution in [3.05, 3.63) is 0 Å². The fourth-order valence-corrected chi connectivity index (χ4v) is 3.27. The third kappa shape index (κ3) is 4.39. The Bertz CT molecular complexity index is 318. The zero-order valence-corrected chi connectivity index (χ0v) is 13.5. The Kier molecular flexibility index (Phi) is 6.03. The summed E-state index contributed by atoms with van der Waals surface area (Å²) < 4.78 is 16.9. The summed E-state index contributed by atoms with van der Waals surface area (Å²) >= 11 is 0. The second-order valence-corrected chi connectivity index (χ2v) is 7.06. The molecule has 0 saturated carbocycles. The lowest BCUT2D eigenvalue weighted by Gasteiger charge is -2.29. The SMILES string of the molecule is CCC(C)(C)CCCOCOC1C2CCC(O2)C1C(O)O. The van der Waals surface area contributed by atoms with E-state index >= 15 is 0 Å². The Morgan fingerprint density at radius 2 is 1.95 bits per heavy atom. The van der Waals surface area contributed by atoms with Crippen molar-refractivity contribution in [2.24, 2.45) is 11.3 Å². The molecule has 0 amide bonds. The van der Waals surface area contributed by atoms with Crippen molar-refractivity contribution < 1.29 is 24.4 Å². The molecule has 4 atom stereocenters. The van der Waals surface area contributed by atoms with Gasteiger partial charge in [0.2, 0.25) is 0 Å². The van der Waals surface area contributed by atoms with Gasteiger partial charge >= 0.3 is 0 Å². The molecule has 21 heavy (non-hydrogen) atoms. The number of fused-ring (bicyclic) bond motifs is 2. The predicted molar refractivity (Wildman–Crippen MR) is 78.6 cm³/mol. The third-order valence-corrected chi connectivity index (χ3v) is 5.05. The number of hydrogen-bond donors (Lipinski definition) is 2. The van der Waals surface area contributed by atoms with Gasteiger partial charge in [0, 0.05) is 6.61 Å². The maximum atomic E-state index is 9.46. The maximum absolute atomic E-state index is 9.46. The molecule has 2 saturated heterocycles. The van der Waals surface area contributed by atoms with Gasteiger partial charge in [-0.3, -0.25) is 0 Å². The van der Waals surface area contributed by atoms with Gasteiger partial charge in [0.15, 0.2) is 6.29 Å². The van der Waals surface area contributed by atoms with Crippen LogP contribution in [-0.4, -0.2) is 48.2 Å². The van der Waals surface area contributed by atoms with Crippen LogP contribution in [-0.2, 0) is 14.2 Å². The summed E-state index contributed by atoms with van der Waals surface area (Å²) in [4.78, 5) is 0. The lowest BCUT2D eigenvalue weighted by atomic mass is 9.85. The highest BCUT2D eigenvalue weighted by atomic mass is 16.7. The van der Waals surface area contributed by atoms with Crippen LogP contribution in [0.25, 0.3) is 0 Å². The number of aliphatic hydroxyl groups is 2. The predicted octanol–water partition coefficient (Wildman–Crippen LogP) is 2.05. The molecule has 0 aromatic rings. The highest BCUT2D eigenvalue weighted by molar-refractivity contribution is 4.98. The standard InChI is InChI=1S/C16H30O5/c1-4-16(2,3)8-5-9-19-10-20-14-12-7-6-11(21-12)13(14)15(17)18/h11-15,17-18H,4-10H2,1-3H3. The molecule has 0 radical (unpaired) electrons. The molecule has 2 bridgehead atoms. The van der Waals surface area contributed by atoms with Crippen molar-refractivity contribution in [2.75, 3.05) is 13.4 Å². The largest absolute Gasteiger partial charge is 0.372 e. The lowest BCUT2D eigenvalue weighted by Crippen LogP contribution is -2.42. The summed E-state index contributed by atoms with van der Waals surface area (Å²) in [6, 6.07) is 0. The van der Waals surface area contributed by atoms with Crippen LogP contribution >= 0.6 is 0 Å². The molecule has 2 aliphatic heterocycles. The van der Waals surface area contributed by atoms with Gasteiger partial charge in [0.25, 0.3) is 0 Å². The smallest absolute Gasteiger partial charge is 0.159 e. The van der Waals surface area contributed by atoms with E-state index in [9.17, 15) is 10.2 Å². The molecule has 4 unspecified atom stereocenters. The van der Waals surface area contributed by atoms with Gasteiger partial charge < -0.3 is 24.4 Å². The van der Waals surface area contributed by atoms with E-state index in [1.807, 2.05) is 0 Å². The minimum absolute atomic E-state index is 0.00979. The molecule has 2 aliphatic rings. The zero-order chi connectivity index (χ0) is 15.5. The van der Waals surface area contributed by atoms with E-state index in [4.69, 9.17) is 14.2 Å². The first kappa shape index (κ1) is 17.2. The Morgan fingerprint density at radius 3 is 2.62 bits per heavy atom. The van der Waals surface area contributed by atoms with Gasteiger partial charge in [-0.1, -0.05) is 27.2 Å². The van der Waals surface area contributed by atoms with Crippen molar-refractivity contribution >= 4 is 0 Å². The van der Waals surface area contributed by atoms with Crippen LogP contribution in [0.5, 0.6) is 0 Å². The van der Waals surface area contributed by atoms with E-state index in [0.29, 0.717) is 12.0 Å². The van der Waals surface area contributed by atoms with Crippen molar-refractivity contribution in [1.82, 2.24) is 0 Å². The number of rotatable bonds is 9. The number of aliphatic hydroxyl groups excluding tert-OH is 1. The van der Waals surface area contributed by atoms with Crippen LogP contribution in [0.3, 0.4) is 0 Å². The van der Waals surface area contributed by atoms with Crippen molar-refractivity contribution in [3.8, 4) is 0 Å². The monoisotopic (exact) mass is 302 g/mol. The third-order valence-electron chi connectivity index (χ3n) is 5.05. The average Bonchev–Trinajstić information content (AvgIpc) is 3.03. The molecule has 2 rings (SSSR count). The molecular formula is C16H30O5. The van der Waals surface area contributed by atoms with Gasteiger partial charge in [-0.15, -0.1) is 0 Å². The first-order valence-corrected chi connectivity index (χ1v) is 8.15. The van der Waals surface area contributed by atoms with Crippen molar-refractivity contribution in [3.63, 3.8) is 0 Å². The molecular weight excluding hydrogens is 272 g/mol. The molecule has 0 aromatic heterocycles. The molecule has 2 N–H and O–H groups in total. The number of ether oxygens (including phenoxy) is 3. The van der Waals surface area contributed by atoms with Gasteiger partial charge in [0.1, 0.15) is 6.79 Å². The molecule has 124 valence electrons. The first-order valence-electron chi connectivity index (χ1n) is 8.15. The molecule has 5 heteroatoms. The molecule has 0 spiro atoms. The van der Waals surface area contributed by atoms with E-state index in [1.165, 1.54) is 6.42 Å². The van der Waals surface area contributed by atoms with Gasteiger partial charge in [-0.2, -0.15) is 0 Å². The normalized spacial score (nSPS) is 32.3. The number of hydrogen-bond acceptors (Lipinski definition) is 5. The average molecular weight is 302 g/mol. The van der Waals surface area contributed by atoms with Crippen LogP contribution in [0.15, 0.2) is 0 Å². The highest BCUT2D eigenvalue weighted by Crippen LogP contribution is 2.42. The Morgan fingerprint density at radius 1 is 1.24 bits per heavy atom. The fourth-order valence-electron chi connectivity index (χ4n) is 3.27. The highest BCUT2D eigenvalue weighted by Gasteiger charge is 2.52. The van der Waals surface area contributed by atoms with E-state index in [1.54, 1.807) is 0 Å². The van der Waals surface area contributed by atoms with E-state index in [-0.39, 0.29) is 31.0 Å². The van der Waals surface area contributed by atoms with Gasteiger partial charge in [-0.05, 0) is 31.1 Å². The molecule has 2 heterocycles. The summed E-state index contributed by atoms with van der Waals surface area (Å²) in [5, 5.41) is 18.9. The molecule has 0 aliphatic carbocycles. The summed E-state index contributed by atoms with van der Waals surface area (Å²) in [6.07, 6.45) is 3.43. The second kappa shape index (κ2) is 7.38. The fraction of sp³-hybridized carbons (Fsp3) is 1.00. The van der Waals surface area contributed by atoms with E-state index in [2.05, 4.69) is 20.8 Å². The van der Waals surface area contributed by atoms with Crippen LogP contribution < -0.4 is 0 Å². The summed E-state index contributed by atoms with van der Waals surface area (Å²) in [5.74, 6) is -0.341. The summed E-state index contributed by atoms with van der Waals surface area (Å²) in [5.41, 5.74) is 0.370. The van der Waals surface area contributed by atoms with Crippen molar-refractivity contribution in [2.45, 2.75) is 77.5 Å². The first-order chi connectivity index (χ1) is 9.94. The maximum Gasteiger partial charge on any atom is 0.159 e. The zero-order valence-electron chi connectivity index (χ0n) is 13.5. The lowest BCUT2D eigenvalue weighted by molar-refractivity contribution is -0.164. The Balaban J connectivity index is 1.62. The molecule has 2 fully saturated rings.